The van der Waals surface area contributed by atoms with Gasteiger partial charge in [0.15, 0.2) is 0 Å². The summed E-state index contributed by atoms with van der Waals surface area (Å²) in [4.78, 5) is 12.7. The van der Waals surface area contributed by atoms with Gasteiger partial charge in [-0.15, -0.1) is 0 Å². The largest absolute Gasteiger partial charge is 0.353 e. The third-order valence-corrected chi connectivity index (χ3v) is 5.71. The first-order valence-electron chi connectivity index (χ1n) is 8.70. The fourth-order valence-electron chi connectivity index (χ4n) is 4.26. The summed E-state index contributed by atoms with van der Waals surface area (Å²) < 4.78 is 0. The number of hydrogen-bond donors (Lipinski definition) is 1. The average Bonchev–Trinajstić information content (AvgIpc) is 2.90. The summed E-state index contributed by atoms with van der Waals surface area (Å²) in [6.07, 6.45) is 7.30. The van der Waals surface area contributed by atoms with Crippen LogP contribution in [-0.4, -0.2) is 11.9 Å². The summed E-state index contributed by atoms with van der Waals surface area (Å²) in [5, 5.41) is 3.40. The molecule has 0 heterocycles. The second-order valence-corrected chi connectivity index (χ2v) is 8.38. The lowest BCUT2D eigenvalue weighted by molar-refractivity contribution is -0.124. The predicted octanol–water partition coefficient (Wildman–Crippen LogP) is 4.56. The van der Waals surface area contributed by atoms with Gasteiger partial charge >= 0.3 is 0 Å². The second kappa shape index (κ2) is 6.14. The molecule has 0 aliphatic heterocycles. The van der Waals surface area contributed by atoms with Crippen LogP contribution >= 0.6 is 0 Å². The van der Waals surface area contributed by atoms with E-state index in [0.717, 1.165) is 6.42 Å². The summed E-state index contributed by atoms with van der Waals surface area (Å²) in [5.74, 6) is 2.20. The molecule has 0 radical (unpaired) electrons. The first-order chi connectivity index (χ1) is 9.75. The molecule has 0 aromatic rings. The standard InChI is InChI=1S/C19H33NO/c1-12(2)11-15-17(19(15,5)6)18(21)20-16-10-8-7-9-14(16)13(3)4/h11,13-17H,7-10H2,1-6H3,(H,20,21)/t14-,15+,16-,17-/m1/s1. The smallest absolute Gasteiger partial charge is 0.224 e. The van der Waals surface area contributed by atoms with E-state index >= 15 is 0 Å². The van der Waals surface area contributed by atoms with Gasteiger partial charge < -0.3 is 5.32 Å². The van der Waals surface area contributed by atoms with Crippen molar-refractivity contribution < 1.29 is 4.79 Å². The zero-order chi connectivity index (χ0) is 15.8. The van der Waals surface area contributed by atoms with E-state index in [1.165, 1.54) is 24.8 Å². The van der Waals surface area contributed by atoms with E-state index in [1.54, 1.807) is 0 Å². The van der Waals surface area contributed by atoms with Crippen LogP contribution in [0.3, 0.4) is 0 Å². The number of nitrogens with one attached hydrogen (secondary N) is 1. The highest BCUT2D eigenvalue weighted by Gasteiger charge is 2.60. The van der Waals surface area contributed by atoms with Crippen molar-refractivity contribution in [3.8, 4) is 0 Å². The fraction of sp³-hybridized carbons (Fsp3) is 0.842. The Morgan fingerprint density at radius 2 is 1.81 bits per heavy atom. The molecule has 0 aromatic carbocycles. The number of carbonyl (C=O) groups is 1. The van der Waals surface area contributed by atoms with Crippen LogP contribution in [0.5, 0.6) is 0 Å². The van der Waals surface area contributed by atoms with E-state index in [2.05, 4.69) is 52.9 Å². The van der Waals surface area contributed by atoms with Crippen molar-refractivity contribution in [3.63, 3.8) is 0 Å². The molecule has 0 saturated heterocycles. The molecule has 120 valence electrons. The lowest BCUT2D eigenvalue weighted by atomic mass is 9.78. The van der Waals surface area contributed by atoms with Crippen LogP contribution in [0.4, 0.5) is 0 Å². The summed E-state index contributed by atoms with van der Waals surface area (Å²) in [6, 6.07) is 0.398. The highest BCUT2D eigenvalue weighted by atomic mass is 16.2. The topological polar surface area (TPSA) is 29.1 Å². The minimum Gasteiger partial charge on any atom is -0.353 e. The van der Waals surface area contributed by atoms with Crippen LogP contribution < -0.4 is 5.32 Å². The number of carbonyl (C=O) groups excluding carboxylic acids is 1. The lowest BCUT2D eigenvalue weighted by Crippen LogP contribution is -2.45. The Balaban J connectivity index is 2.00. The summed E-state index contributed by atoms with van der Waals surface area (Å²) in [6.45, 7) is 13.3. The van der Waals surface area contributed by atoms with Crippen molar-refractivity contribution in [1.29, 1.82) is 0 Å². The van der Waals surface area contributed by atoms with Gasteiger partial charge in [-0.3, -0.25) is 4.79 Å². The molecule has 2 nitrogen and oxygen atoms in total. The van der Waals surface area contributed by atoms with E-state index in [4.69, 9.17) is 0 Å². The van der Waals surface area contributed by atoms with Crippen molar-refractivity contribution >= 4 is 5.91 Å². The molecule has 0 unspecified atom stereocenters. The summed E-state index contributed by atoms with van der Waals surface area (Å²) in [5.41, 5.74) is 1.45. The van der Waals surface area contributed by atoms with E-state index in [1.807, 2.05) is 0 Å². The van der Waals surface area contributed by atoms with Crippen LogP contribution in [0.2, 0.25) is 0 Å². The molecule has 0 aromatic heterocycles. The Bertz CT molecular complexity index is 417. The van der Waals surface area contributed by atoms with Crippen molar-refractivity contribution in [2.75, 3.05) is 0 Å². The molecule has 2 fully saturated rings. The Hall–Kier alpha value is -0.790. The minimum atomic E-state index is 0.128. The molecule has 0 spiro atoms. The first kappa shape index (κ1) is 16.6. The number of allylic oxidation sites excluding steroid dienone is 2. The van der Waals surface area contributed by atoms with Gasteiger partial charge in [-0.2, -0.15) is 0 Å². The van der Waals surface area contributed by atoms with E-state index in [-0.39, 0.29) is 11.3 Å². The monoisotopic (exact) mass is 291 g/mol. The van der Waals surface area contributed by atoms with Gasteiger partial charge in [-0.05, 0) is 49.9 Å². The van der Waals surface area contributed by atoms with Crippen LogP contribution in [0, 0.1) is 29.1 Å². The average molecular weight is 291 g/mol. The Labute approximate surface area is 130 Å². The highest BCUT2D eigenvalue weighted by Crippen LogP contribution is 2.59. The Morgan fingerprint density at radius 1 is 1.19 bits per heavy atom. The summed E-state index contributed by atoms with van der Waals surface area (Å²) in [7, 11) is 0. The lowest BCUT2D eigenvalue weighted by Gasteiger charge is -2.35. The molecule has 2 aliphatic rings. The van der Waals surface area contributed by atoms with Crippen LogP contribution in [0.25, 0.3) is 0 Å². The quantitative estimate of drug-likeness (QED) is 0.756. The van der Waals surface area contributed by atoms with Gasteiger partial charge in [0.2, 0.25) is 5.91 Å². The zero-order valence-electron chi connectivity index (χ0n) is 14.7. The van der Waals surface area contributed by atoms with Gasteiger partial charge in [0.25, 0.3) is 0 Å². The van der Waals surface area contributed by atoms with E-state index < -0.39 is 0 Å². The third kappa shape index (κ3) is 3.52. The fourth-order valence-corrected chi connectivity index (χ4v) is 4.26. The van der Waals surface area contributed by atoms with Gasteiger partial charge in [0, 0.05) is 6.04 Å². The zero-order valence-corrected chi connectivity index (χ0v) is 14.7. The second-order valence-electron chi connectivity index (χ2n) is 8.38. The molecule has 4 atom stereocenters. The van der Waals surface area contributed by atoms with Gasteiger partial charge in [0.1, 0.15) is 0 Å². The maximum atomic E-state index is 12.7. The van der Waals surface area contributed by atoms with Gasteiger partial charge in [-0.25, -0.2) is 0 Å². The van der Waals surface area contributed by atoms with Crippen LogP contribution in [0.1, 0.15) is 67.2 Å². The SMILES string of the molecule is CC(C)=C[C@H]1[C@H](C(=O)N[C@@H]2CCCC[C@@H]2C(C)C)C1(C)C. The molecule has 21 heavy (non-hydrogen) atoms. The molecule has 2 saturated carbocycles. The van der Waals surface area contributed by atoms with Crippen molar-refractivity contribution in [2.45, 2.75) is 73.3 Å². The normalized spacial score (nSPS) is 34.4. The van der Waals surface area contributed by atoms with Crippen LogP contribution in [-0.2, 0) is 4.79 Å². The number of amides is 1. The maximum absolute atomic E-state index is 12.7. The molecule has 1 N–H and O–H groups in total. The first-order valence-corrected chi connectivity index (χ1v) is 8.70. The molecule has 2 aliphatic carbocycles. The van der Waals surface area contributed by atoms with Crippen molar-refractivity contribution in [2.24, 2.45) is 29.1 Å². The Kier molecular flexibility index (Phi) is 4.85. The van der Waals surface area contributed by atoms with Gasteiger partial charge in [-0.1, -0.05) is 52.2 Å². The van der Waals surface area contributed by atoms with Crippen molar-refractivity contribution in [1.82, 2.24) is 5.32 Å². The third-order valence-electron chi connectivity index (χ3n) is 5.71. The summed E-state index contributed by atoms with van der Waals surface area (Å²) >= 11 is 0. The number of rotatable bonds is 4. The van der Waals surface area contributed by atoms with Crippen LogP contribution in [0.15, 0.2) is 11.6 Å². The predicted molar refractivity (Wildman–Crippen MR) is 88.9 cm³/mol. The Morgan fingerprint density at radius 3 is 2.38 bits per heavy atom. The maximum Gasteiger partial charge on any atom is 0.224 e. The molecular formula is C19H33NO. The minimum absolute atomic E-state index is 0.128. The molecule has 2 rings (SSSR count). The van der Waals surface area contributed by atoms with Crippen molar-refractivity contribution in [3.05, 3.63) is 11.6 Å². The van der Waals surface area contributed by atoms with Gasteiger partial charge in [0.05, 0.1) is 5.92 Å². The number of hydrogen-bond acceptors (Lipinski definition) is 1. The molecular weight excluding hydrogens is 258 g/mol. The molecule has 0 bridgehead atoms. The molecule has 2 heteroatoms. The molecule has 1 amide bonds. The van der Waals surface area contributed by atoms with E-state index in [9.17, 15) is 4.79 Å². The highest BCUT2D eigenvalue weighted by molar-refractivity contribution is 5.84. The van der Waals surface area contributed by atoms with E-state index in [0.29, 0.717) is 29.7 Å².